The van der Waals surface area contributed by atoms with E-state index in [1.165, 1.54) is 0 Å². The van der Waals surface area contributed by atoms with E-state index in [1.54, 1.807) is 6.20 Å². The molecular formula is C20H19N3O. The monoisotopic (exact) mass is 317 g/mol. The molecule has 1 saturated heterocycles. The summed E-state index contributed by atoms with van der Waals surface area (Å²) >= 11 is 0. The molecule has 0 bridgehead atoms. The van der Waals surface area contributed by atoms with Gasteiger partial charge in [0.2, 0.25) is 0 Å². The number of allylic oxidation sites excluding steroid dienone is 1. The van der Waals surface area contributed by atoms with E-state index in [0.717, 1.165) is 55.7 Å². The molecule has 4 rings (SSSR count). The maximum Gasteiger partial charge on any atom is 0.177 e. The highest BCUT2D eigenvalue weighted by Crippen LogP contribution is 2.53. The maximum absolute atomic E-state index is 12.4. The van der Waals surface area contributed by atoms with Crippen molar-refractivity contribution in [2.75, 3.05) is 13.1 Å². The Hall–Kier alpha value is -2.59. The highest BCUT2D eigenvalue weighted by molar-refractivity contribution is 6.09. The number of pyridine rings is 1. The van der Waals surface area contributed by atoms with Crippen molar-refractivity contribution < 1.29 is 4.79 Å². The molecule has 0 unspecified atom stereocenters. The van der Waals surface area contributed by atoms with Gasteiger partial charge in [0.1, 0.15) is 0 Å². The molecule has 3 aliphatic rings. The molecule has 2 aliphatic carbocycles. The lowest BCUT2D eigenvalue weighted by molar-refractivity contribution is -0.114. The van der Waals surface area contributed by atoms with Gasteiger partial charge in [-0.25, -0.2) is 0 Å². The van der Waals surface area contributed by atoms with Crippen LogP contribution in [0, 0.1) is 35.0 Å². The molecule has 1 aliphatic heterocycles. The van der Waals surface area contributed by atoms with Crippen LogP contribution in [0.25, 0.3) is 5.70 Å². The Morgan fingerprint density at radius 2 is 2.08 bits per heavy atom. The molecule has 2 heterocycles. The Labute approximate surface area is 142 Å². The van der Waals surface area contributed by atoms with Crippen LogP contribution in [0.5, 0.6) is 0 Å². The summed E-state index contributed by atoms with van der Waals surface area (Å²) in [5.41, 5.74) is 3.48. The fourth-order valence-corrected chi connectivity index (χ4v) is 4.45. The molecule has 120 valence electrons. The molecule has 0 atom stereocenters. The van der Waals surface area contributed by atoms with Crippen molar-refractivity contribution in [1.29, 1.82) is 5.26 Å². The average molecular weight is 317 g/mol. The molecule has 4 heteroatoms. The zero-order valence-corrected chi connectivity index (χ0v) is 13.6. The van der Waals surface area contributed by atoms with Gasteiger partial charge < -0.3 is 4.90 Å². The maximum atomic E-state index is 12.4. The Kier molecular flexibility index (Phi) is 3.43. The third kappa shape index (κ3) is 2.22. The van der Waals surface area contributed by atoms with Gasteiger partial charge in [-0.15, -0.1) is 6.42 Å². The number of terminal acetylenes is 1. The van der Waals surface area contributed by atoms with Crippen molar-refractivity contribution >= 4 is 11.5 Å². The average Bonchev–Trinajstić information content (AvgIpc) is 2.58. The number of carbonyl (C=O) groups excluding carboxylic acids is 1. The molecule has 0 N–H and O–H groups in total. The summed E-state index contributed by atoms with van der Waals surface area (Å²) in [7, 11) is 0. The van der Waals surface area contributed by atoms with E-state index in [4.69, 9.17) is 11.7 Å². The Balaban J connectivity index is 1.62. The lowest BCUT2D eigenvalue weighted by Crippen LogP contribution is -2.46. The van der Waals surface area contributed by atoms with Crippen LogP contribution in [0.1, 0.15) is 36.9 Å². The number of rotatable bonds is 1. The second-order valence-corrected chi connectivity index (χ2v) is 7.20. The number of carbonyl (C=O) groups is 1. The van der Waals surface area contributed by atoms with Crippen molar-refractivity contribution in [3.63, 3.8) is 0 Å². The van der Waals surface area contributed by atoms with Crippen LogP contribution >= 0.6 is 0 Å². The lowest BCUT2D eigenvalue weighted by atomic mass is 9.58. The minimum absolute atomic E-state index is 0.0153. The number of piperidine rings is 1. The van der Waals surface area contributed by atoms with Gasteiger partial charge in [-0.1, -0.05) is 12.0 Å². The van der Waals surface area contributed by atoms with E-state index in [2.05, 4.69) is 21.9 Å². The first-order valence-electron chi connectivity index (χ1n) is 8.49. The summed E-state index contributed by atoms with van der Waals surface area (Å²) < 4.78 is 0. The van der Waals surface area contributed by atoms with Gasteiger partial charge in [-0.2, -0.15) is 5.26 Å². The molecule has 0 radical (unpaired) electrons. The van der Waals surface area contributed by atoms with Crippen molar-refractivity contribution in [2.45, 2.75) is 32.1 Å². The van der Waals surface area contributed by atoms with Crippen molar-refractivity contribution in [3.05, 3.63) is 35.2 Å². The minimum atomic E-state index is 0.0153. The first-order valence-corrected chi connectivity index (χ1v) is 8.49. The normalized spacial score (nSPS) is 22.6. The van der Waals surface area contributed by atoms with Crippen LogP contribution in [0.15, 0.2) is 23.9 Å². The predicted molar refractivity (Wildman–Crippen MR) is 90.3 cm³/mol. The number of fused-ring (bicyclic) bond motifs is 1. The van der Waals surface area contributed by atoms with Crippen LogP contribution in [-0.2, 0) is 11.2 Å². The SMILES string of the molecule is C#CC1=C(N2CCC3(CC2)CC(C#N)C3)c2ncccc2CC1=O. The first kappa shape index (κ1) is 15.0. The third-order valence-corrected chi connectivity index (χ3v) is 5.81. The molecule has 1 aromatic heterocycles. The summed E-state index contributed by atoms with van der Waals surface area (Å²) in [4.78, 5) is 19.2. The molecular weight excluding hydrogens is 298 g/mol. The molecule has 1 spiro atoms. The highest BCUT2D eigenvalue weighted by atomic mass is 16.1. The summed E-state index contributed by atoms with van der Waals surface area (Å²) in [6.45, 7) is 1.75. The zero-order chi connectivity index (χ0) is 16.7. The Morgan fingerprint density at radius 3 is 2.75 bits per heavy atom. The lowest BCUT2D eigenvalue weighted by Gasteiger charge is -2.51. The number of nitrogens with zero attached hydrogens (tertiary/aromatic N) is 3. The molecule has 1 aromatic rings. The second-order valence-electron chi connectivity index (χ2n) is 7.20. The van der Waals surface area contributed by atoms with Crippen molar-refractivity contribution in [3.8, 4) is 18.4 Å². The fourth-order valence-electron chi connectivity index (χ4n) is 4.45. The number of hydrogen-bond acceptors (Lipinski definition) is 4. The molecule has 4 nitrogen and oxygen atoms in total. The van der Waals surface area contributed by atoms with E-state index < -0.39 is 0 Å². The van der Waals surface area contributed by atoms with Gasteiger partial charge in [0, 0.05) is 31.6 Å². The largest absolute Gasteiger partial charge is 0.369 e. The number of nitriles is 1. The summed E-state index contributed by atoms with van der Waals surface area (Å²) in [6.07, 6.45) is 11.9. The number of aromatic nitrogens is 1. The summed E-state index contributed by atoms with van der Waals surface area (Å²) in [5.74, 6) is 2.86. The van der Waals surface area contributed by atoms with Gasteiger partial charge in [-0.05, 0) is 42.7 Å². The van der Waals surface area contributed by atoms with Crippen LogP contribution in [0.4, 0.5) is 0 Å². The van der Waals surface area contributed by atoms with Gasteiger partial charge in [0.05, 0.1) is 23.0 Å². The number of Topliss-reactive ketones (excluding diaryl/α,β-unsaturated/α-hetero) is 1. The van der Waals surface area contributed by atoms with Crippen LogP contribution in [0.2, 0.25) is 0 Å². The Bertz CT molecular complexity index is 808. The molecule has 0 amide bonds. The quantitative estimate of drug-likeness (QED) is 0.747. The standard InChI is InChI=1S/C20H19N3O/c1-2-16-17(24)10-15-4-3-7-22-18(15)19(16)23-8-5-20(6-9-23)11-14(12-20)13-21/h1,3-4,7,14H,5-6,8-12H2. The molecule has 2 fully saturated rings. The van der Waals surface area contributed by atoms with Crippen molar-refractivity contribution in [2.24, 2.45) is 11.3 Å². The Morgan fingerprint density at radius 1 is 1.33 bits per heavy atom. The zero-order valence-electron chi connectivity index (χ0n) is 13.6. The van der Waals surface area contributed by atoms with Crippen molar-refractivity contribution in [1.82, 2.24) is 9.88 Å². The van der Waals surface area contributed by atoms with Crippen LogP contribution < -0.4 is 0 Å². The van der Waals surface area contributed by atoms with E-state index in [-0.39, 0.29) is 11.7 Å². The third-order valence-electron chi connectivity index (χ3n) is 5.81. The van der Waals surface area contributed by atoms with E-state index >= 15 is 0 Å². The summed E-state index contributed by atoms with van der Waals surface area (Å²) in [6, 6.07) is 6.21. The number of ketones is 1. The number of hydrogen-bond donors (Lipinski definition) is 0. The highest BCUT2D eigenvalue weighted by Gasteiger charge is 2.46. The topological polar surface area (TPSA) is 57.0 Å². The van der Waals surface area contributed by atoms with Gasteiger partial charge >= 0.3 is 0 Å². The minimum Gasteiger partial charge on any atom is -0.369 e. The van der Waals surface area contributed by atoms with Gasteiger partial charge in [0.25, 0.3) is 0 Å². The molecule has 0 aromatic carbocycles. The smallest absolute Gasteiger partial charge is 0.177 e. The predicted octanol–water partition coefficient (Wildman–Crippen LogP) is 2.57. The number of likely N-dealkylation sites (tertiary alicyclic amines) is 1. The fraction of sp³-hybridized carbons (Fsp3) is 0.450. The van der Waals surface area contributed by atoms with E-state index in [1.807, 2.05) is 12.1 Å². The van der Waals surface area contributed by atoms with Crippen LogP contribution in [0.3, 0.4) is 0 Å². The van der Waals surface area contributed by atoms with E-state index in [9.17, 15) is 4.79 Å². The van der Waals surface area contributed by atoms with Crippen LogP contribution in [-0.4, -0.2) is 28.8 Å². The molecule has 24 heavy (non-hydrogen) atoms. The van der Waals surface area contributed by atoms with E-state index in [0.29, 0.717) is 17.4 Å². The second kappa shape index (κ2) is 5.49. The molecule has 1 saturated carbocycles. The first-order chi connectivity index (χ1) is 11.7. The van der Waals surface area contributed by atoms with Gasteiger partial charge in [-0.3, -0.25) is 9.78 Å². The summed E-state index contributed by atoms with van der Waals surface area (Å²) in [5, 5.41) is 9.03. The van der Waals surface area contributed by atoms with Gasteiger partial charge in [0.15, 0.2) is 5.78 Å².